The smallest absolute Gasteiger partial charge is 0.409 e. The van der Waals surface area contributed by atoms with Gasteiger partial charge < -0.3 is 25.0 Å². The lowest BCUT2D eigenvalue weighted by atomic mass is 10.00. The summed E-state index contributed by atoms with van der Waals surface area (Å²) in [5.74, 6) is -0.0838. The summed E-state index contributed by atoms with van der Waals surface area (Å²) in [6, 6.07) is 0.214. The number of hydrogen-bond acceptors (Lipinski definition) is 5. The predicted molar refractivity (Wildman–Crippen MR) is 76.9 cm³/mol. The summed E-state index contributed by atoms with van der Waals surface area (Å²) in [6.07, 6.45) is 1.27. The Bertz CT molecular complexity index is 369. The highest BCUT2D eigenvalue weighted by Gasteiger charge is 2.34. The van der Waals surface area contributed by atoms with E-state index in [1.165, 1.54) is 0 Å². The zero-order valence-electron chi connectivity index (χ0n) is 12.8. The maximum absolute atomic E-state index is 12.3. The molecule has 0 saturated carbocycles. The van der Waals surface area contributed by atoms with E-state index in [0.717, 1.165) is 12.8 Å². The largest absolute Gasteiger partial charge is 0.450 e. The van der Waals surface area contributed by atoms with Crippen LogP contribution in [0.5, 0.6) is 0 Å². The third kappa shape index (κ3) is 4.07. The zero-order chi connectivity index (χ0) is 15.2. The fourth-order valence-electron chi connectivity index (χ4n) is 2.83. The van der Waals surface area contributed by atoms with E-state index in [0.29, 0.717) is 32.9 Å². The minimum absolute atomic E-state index is 0.0430. The van der Waals surface area contributed by atoms with Gasteiger partial charge in [0.25, 0.3) is 0 Å². The second kappa shape index (κ2) is 7.61. The van der Waals surface area contributed by atoms with E-state index in [-0.39, 0.29) is 30.0 Å². The Hall–Kier alpha value is -1.34. The second-order valence-corrected chi connectivity index (χ2v) is 5.51. The summed E-state index contributed by atoms with van der Waals surface area (Å²) in [7, 11) is 1.84. The number of nitrogens with zero attached hydrogens (tertiary/aromatic N) is 1. The minimum atomic E-state index is -0.262. The number of nitrogens with one attached hydrogen (secondary N) is 2. The first-order chi connectivity index (χ1) is 10.2. The van der Waals surface area contributed by atoms with E-state index in [1.54, 1.807) is 11.8 Å². The van der Waals surface area contributed by atoms with Crippen LogP contribution in [-0.4, -0.2) is 68.9 Å². The monoisotopic (exact) mass is 299 g/mol. The highest BCUT2D eigenvalue weighted by Crippen LogP contribution is 2.16. The van der Waals surface area contributed by atoms with Crippen LogP contribution in [0.4, 0.5) is 4.79 Å². The van der Waals surface area contributed by atoms with E-state index in [9.17, 15) is 9.59 Å². The molecule has 0 aromatic heterocycles. The Labute approximate surface area is 125 Å². The fraction of sp³-hybridized carbons (Fsp3) is 0.857. The Kier molecular flexibility index (Phi) is 5.81. The number of hydrogen-bond donors (Lipinski definition) is 2. The first kappa shape index (κ1) is 16.0. The van der Waals surface area contributed by atoms with Crippen LogP contribution >= 0.6 is 0 Å². The topological polar surface area (TPSA) is 79.9 Å². The number of piperidine rings is 1. The van der Waals surface area contributed by atoms with Crippen LogP contribution in [0.2, 0.25) is 0 Å². The molecule has 2 rings (SSSR count). The molecule has 2 heterocycles. The van der Waals surface area contributed by atoms with Crippen molar-refractivity contribution in [3.05, 3.63) is 0 Å². The molecule has 0 spiro atoms. The highest BCUT2D eigenvalue weighted by molar-refractivity contribution is 5.80. The molecule has 2 atom stereocenters. The standard InChI is InChI=1S/C14H25N3O4/c1-3-21-14(19)17-6-4-10(5-7-17)16-13(18)11-8-20-9-12(11)15-2/h10-12,15H,3-9H2,1-2H3,(H,16,18). The molecule has 0 bridgehead atoms. The van der Waals surface area contributed by atoms with Crippen molar-refractivity contribution in [1.29, 1.82) is 0 Å². The lowest BCUT2D eigenvalue weighted by Crippen LogP contribution is -2.50. The molecule has 2 fully saturated rings. The molecular formula is C14H25N3O4. The van der Waals surface area contributed by atoms with Gasteiger partial charge in [-0.3, -0.25) is 4.79 Å². The van der Waals surface area contributed by atoms with Crippen molar-refractivity contribution in [3.8, 4) is 0 Å². The number of amides is 2. The number of likely N-dealkylation sites (tertiary alicyclic amines) is 1. The van der Waals surface area contributed by atoms with Crippen LogP contribution in [0.15, 0.2) is 0 Å². The average Bonchev–Trinajstić information content (AvgIpc) is 2.97. The van der Waals surface area contributed by atoms with Crippen LogP contribution in [0.1, 0.15) is 19.8 Å². The third-order valence-corrected chi connectivity index (χ3v) is 4.16. The maximum Gasteiger partial charge on any atom is 0.409 e. The summed E-state index contributed by atoms with van der Waals surface area (Å²) in [5.41, 5.74) is 0. The van der Waals surface area contributed by atoms with Gasteiger partial charge in [-0.15, -0.1) is 0 Å². The van der Waals surface area contributed by atoms with Crippen LogP contribution in [-0.2, 0) is 14.3 Å². The quantitative estimate of drug-likeness (QED) is 0.761. The molecule has 0 aromatic carbocycles. The van der Waals surface area contributed by atoms with Crippen molar-refractivity contribution >= 4 is 12.0 Å². The van der Waals surface area contributed by atoms with Crippen molar-refractivity contribution in [2.75, 3.05) is 40.0 Å². The van der Waals surface area contributed by atoms with E-state index >= 15 is 0 Å². The van der Waals surface area contributed by atoms with Crippen LogP contribution < -0.4 is 10.6 Å². The highest BCUT2D eigenvalue weighted by atomic mass is 16.6. The van der Waals surface area contributed by atoms with Crippen molar-refractivity contribution < 1.29 is 19.1 Å². The Morgan fingerprint density at radius 3 is 2.62 bits per heavy atom. The summed E-state index contributed by atoms with van der Waals surface area (Å²) < 4.78 is 10.3. The molecule has 2 aliphatic heterocycles. The van der Waals surface area contributed by atoms with Crippen molar-refractivity contribution in [2.45, 2.75) is 31.8 Å². The maximum atomic E-state index is 12.3. The summed E-state index contributed by atoms with van der Waals surface area (Å²) in [5, 5.41) is 6.19. The van der Waals surface area contributed by atoms with Gasteiger partial charge in [0, 0.05) is 25.2 Å². The van der Waals surface area contributed by atoms with Gasteiger partial charge in [0.05, 0.1) is 25.7 Å². The first-order valence-electron chi connectivity index (χ1n) is 7.62. The van der Waals surface area contributed by atoms with Gasteiger partial charge in [-0.25, -0.2) is 4.79 Å². The third-order valence-electron chi connectivity index (χ3n) is 4.16. The number of rotatable bonds is 4. The van der Waals surface area contributed by atoms with Gasteiger partial charge in [0.1, 0.15) is 0 Å². The summed E-state index contributed by atoms with van der Waals surface area (Å²) in [4.78, 5) is 25.6. The molecule has 0 radical (unpaired) electrons. The number of likely N-dealkylation sites (N-methyl/N-ethyl adjacent to an activating group) is 1. The van der Waals surface area contributed by atoms with Gasteiger partial charge >= 0.3 is 6.09 Å². The molecule has 7 nitrogen and oxygen atoms in total. The van der Waals surface area contributed by atoms with E-state index in [2.05, 4.69) is 10.6 Å². The van der Waals surface area contributed by atoms with Gasteiger partial charge in [-0.05, 0) is 26.8 Å². The van der Waals surface area contributed by atoms with Crippen molar-refractivity contribution in [1.82, 2.24) is 15.5 Å². The molecule has 0 aliphatic carbocycles. The van der Waals surface area contributed by atoms with E-state index in [1.807, 2.05) is 7.05 Å². The molecule has 21 heavy (non-hydrogen) atoms. The van der Waals surface area contributed by atoms with Gasteiger partial charge in [0.2, 0.25) is 5.91 Å². The second-order valence-electron chi connectivity index (χ2n) is 5.51. The number of carbonyl (C=O) groups excluding carboxylic acids is 2. The molecule has 2 aliphatic rings. The number of ether oxygens (including phenoxy) is 2. The van der Waals surface area contributed by atoms with Crippen molar-refractivity contribution in [3.63, 3.8) is 0 Å². The predicted octanol–water partition coefficient (Wildman–Crippen LogP) is -0.0421. The average molecular weight is 299 g/mol. The first-order valence-corrected chi connectivity index (χ1v) is 7.62. The SMILES string of the molecule is CCOC(=O)N1CCC(NC(=O)C2COCC2NC)CC1. The molecule has 7 heteroatoms. The van der Waals surface area contributed by atoms with Gasteiger partial charge in [-0.1, -0.05) is 0 Å². The minimum Gasteiger partial charge on any atom is -0.450 e. The zero-order valence-corrected chi connectivity index (χ0v) is 12.8. The normalized spacial score (nSPS) is 26.7. The molecule has 2 N–H and O–H groups in total. The van der Waals surface area contributed by atoms with Crippen molar-refractivity contribution in [2.24, 2.45) is 5.92 Å². The number of carbonyl (C=O) groups is 2. The van der Waals surface area contributed by atoms with Crippen LogP contribution in [0, 0.1) is 5.92 Å². The molecule has 0 aromatic rings. The summed E-state index contributed by atoms with van der Waals surface area (Å²) in [6.45, 7) is 4.49. The van der Waals surface area contributed by atoms with E-state index in [4.69, 9.17) is 9.47 Å². The molecule has 2 unspecified atom stereocenters. The Morgan fingerprint density at radius 1 is 1.29 bits per heavy atom. The van der Waals surface area contributed by atoms with E-state index < -0.39 is 0 Å². The Balaban J connectivity index is 1.75. The van der Waals surface area contributed by atoms with Gasteiger partial charge in [0.15, 0.2) is 0 Å². The van der Waals surface area contributed by atoms with Crippen LogP contribution in [0.25, 0.3) is 0 Å². The summed E-state index contributed by atoms with van der Waals surface area (Å²) >= 11 is 0. The lowest BCUT2D eigenvalue weighted by Gasteiger charge is -2.32. The fourth-order valence-corrected chi connectivity index (χ4v) is 2.83. The van der Waals surface area contributed by atoms with Crippen LogP contribution in [0.3, 0.4) is 0 Å². The molecule has 120 valence electrons. The molecule has 2 saturated heterocycles. The lowest BCUT2D eigenvalue weighted by molar-refractivity contribution is -0.126. The molecular weight excluding hydrogens is 274 g/mol. The molecule has 2 amide bonds. The van der Waals surface area contributed by atoms with Gasteiger partial charge in [-0.2, -0.15) is 0 Å². The Morgan fingerprint density at radius 2 is 2.00 bits per heavy atom.